The second-order valence-electron chi connectivity index (χ2n) is 8.18. The molecule has 0 unspecified atom stereocenters. The van der Waals surface area contributed by atoms with Crippen molar-refractivity contribution in [1.82, 2.24) is 0 Å². The van der Waals surface area contributed by atoms with Gasteiger partial charge in [0.25, 0.3) is 5.91 Å². The van der Waals surface area contributed by atoms with Crippen molar-refractivity contribution in [3.8, 4) is 5.75 Å². The van der Waals surface area contributed by atoms with Crippen LogP contribution in [0.4, 0.5) is 11.4 Å². The molecule has 29 heavy (non-hydrogen) atoms. The summed E-state index contributed by atoms with van der Waals surface area (Å²) < 4.78 is 11.4. The normalized spacial score (nSPS) is 16.3. The maximum atomic E-state index is 12.8. The first-order valence-corrected chi connectivity index (χ1v) is 9.89. The number of anilines is 2. The van der Waals surface area contributed by atoms with E-state index < -0.39 is 5.41 Å². The summed E-state index contributed by atoms with van der Waals surface area (Å²) in [4.78, 5) is 25.0. The third-order valence-electron chi connectivity index (χ3n) is 4.64. The highest BCUT2D eigenvalue weighted by atomic mass is 16.5. The first-order valence-electron chi connectivity index (χ1n) is 9.89. The molecule has 0 aromatic heterocycles. The molecule has 6 nitrogen and oxygen atoms in total. The summed E-state index contributed by atoms with van der Waals surface area (Å²) in [5, 5.41) is 5.75. The van der Waals surface area contributed by atoms with Gasteiger partial charge in [-0.25, -0.2) is 0 Å². The highest BCUT2D eigenvalue weighted by molar-refractivity contribution is 6.06. The van der Waals surface area contributed by atoms with Gasteiger partial charge in [-0.15, -0.1) is 0 Å². The van der Waals surface area contributed by atoms with Crippen molar-refractivity contribution in [2.45, 2.75) is 39.7 Å². The number of nitrogens with one attached hydrogen (secondary N) is 2. The summed E-state index contributed by atoms with van der Waals surface area (Å²) in [5.41, 5.74) is 1.18. The van der Waals surface area contributed by atoms with Gasteiger partial charge in [0.15, 0.2) is 0 Å². The average Bonchev–Trinajstić information content (AvgIpc) is 3.20. The standard InChI is InChI=1S/C23H28N2O4/c1-23(2,3)22(27)25-17-9-6-8-16(14-17)24-21(26)19-11-4-5-12-20(19)29-15-18-10-7-13-28-18/h4-6,8-9,11-12,14,18H,7,10,13,15H2,1-3H3,(H,24,26)(H,25,27)/t18-/m1/s1. The van der Waals surface area contributed by atoms with E-state index >= 15 is 0 Å². The van der Waals surface area contributed by atoms with Gasteiger partial charge < -0.3 is 20.1 Å². The molecule has 154 valence electrons. The molecule has 6 heteroatoms. The van der Waals surface area contributed by atoms with Crippen molar-refractivity contribution >= 4 is 23.2 Å². The van der Waals surface area contributed by atoms with E-state index in [1.165, 1.54) is 0 Å². The Labute approximate surface area is 171 Å². The summed E-state index contributed by atoms with van der Waals surface area (Å²) >= 11 is 0. The van der Waals surface area contributed by atoms with E-state index in [0.29, 0.717) is 29.3 Å². The lowest BCUT2D eigenvalue weighted by molar-refractivity contribution is -0.123. The van der Waals surface area contributed by atoms with Crippen LogP contribution in [0.1, 0.15) is 44.0 Å². The molecule has 1 aliphatic rings. The van der Waals surface area contributed by atoms with Crippen LogP contribution in [0.2, 0.25) is 0 Å². The van der Waals surface area contributed by atoms with Gasteiger partial charge >= 0.3 is 0 Å². The van der Waals surface area contributed by atoms with Crippen LogP contribution in [0.3, 0.4) is 0 Å². The van der Waals surface area contributed by atoms with E-state index in [4.69, 9.17) is 9.47 Å². The third kappa shape index (κ3) is 5.81. The topological polar surface area (TPSA) is 76.7 Å². The number of amides is 2. The van der Waals surface area contributed by atoms with Crippen LogP contribution in [0.25, 0.3) is 0 Å². The van der Waals surface area contributed by atoms with Gasteiger partial charge in [-0.1, -0.05) is 39.0 Å². The monoisotopic (exact) mass is 396 g/mol. The molecule has 0 bridgehead atoms. The van der Waals surface area contributed by atoms with Crippen molar-refractivity contribution in [3.63, 3.8) is 0 Å². The minimum atomic E-state index is -0.501. The fourth-order valence-corrected chi connectivity index (χ4v) is 2.93. The number of benzene rings is 2. The van der Waals surface area contributed by atoms with Gasteiger partial charge in [0.2, 0.25) is 5.91 Å². The van der Waals surface area contributed by atoms with Crippen molar-refractivity contribution in [3.05, 3.63) is 54.1 Å². The fraction of sp³-hybridized carbons (Fsp3) is 0.391. The second kappa shape index (κ2) is 9.09. The van der Waals surface area contributed by atoms with Crippen molar-refractivity contribution in [1.29, 1.82) is 0 Å². The Morgan fingerprint density at radius 2 is 1.79 bits per heavy atom. The molecule has 0 aliphatic carbocycles. The smallest absolute Gasteiger partial charge is 0.259 e. The third-order valence-corrected chi connectivity index (χ3v) is 4.64. The summed E-state index contributed by atoms with van der Waals surface area (Å²) in [7, 11) is 0. The van der Waals surface area contributed by atoms with Gasteiger partial charge in [-0.2, -0.15) is 0 Å². The molecule has 1 atom stereocenters. The fourth-order valence-electron chi connectivity index (χ4n) is 2.93. The zero-order chi connectivity index (χ0) is 20.9. The minimum absolute atomic E-state index is 0.0780. The Morgan fingerprint density at radius 3 is 2.48 bits per heavy atom. The van der Waals surface area contributed by atoms with E-state index in [1.54, 1.807) is 42.5 Å². The number of carbonyl (C=O) groups excluding carboxylic acids is 2. The predicted octanol–water partition coefficient (Wildman–Crippen LogP) is 4.48. The van der Waals surface area contributed by atoms with Gasteiger partial charge in [-0.3, -0.25) is 9.59 Å². The van der Waals surface area contributed by atoms with Crippen LogP contribution in [0.15, 0.2) is 48.5 Å². The van der Waals surface area contributed by atoms with Crippen LogP contribution >= 0.6 is 0 Å². The number of hydrogen-bond acceptors (Lipinski definition) is 4. The summed E-state index contributed by atoms with van der Waals surface area (Å²) in [5.74, 6) is 0.166. The molecule has 2 N–H and O–H groups in total. The van der Waals surface area contributed by atoms with Crippen molar-refractivity contribution in [2.75, 3.05) is 23.8 Å². The predicted molar refractivity (Wildman–Crippen MR) is 113 cm³/mol. The number of rotatable bonds is 6. The van der Waals surface area contributed by atoms with Gasteiger partial charge in [0, 0.05) is 23.4 Å². The Morgan fingerprint density at radius 1 is 1.07 bits per heavy atom. The molecule has 2 aromatic rings. The van der Waals surface area contributed by atoms with Crippen LogP contribution in [0, 0.1) is 5.41 Å². The van der Waals surface area contributed by atoms with Crippen LogP contribution in [-0.4, -0.2) is 31.1 Å². The lowest BCUT2D eigenvalue weighted by atomic mass is 9.95. The van der Waals surface area contributed by atoms with E-state index in [0.717, 1.165) is 19.4 Å². The largest absolute Gasteiger partial charge is 0.490 e. The Bertz CT molecular complexity index is 867. The Hall–Kier alpha value is -2.86. The molecule has 0 spiro atoms. The number of carbonyl (C=O) groups is 2. The molecule has 3 rings (SSSR count). The van der Waals surface area contributed by atoms with Crippen molar-refractivity contribution in [2.24, 2.45) is 5.41 Å². The molecule has 0 radical (unpaired) electrons. The van der Waals surface area contributed by atoms with Crippen LogP contribution in [0.5, 0.6) is 5.75 Å². The lowest BCUT2D eigenvalue weighted by Crippen LogP contribution is -2.27. The molecule has 1 aliphatic heterocycles. The first-order chi connectivity index (χ1) is 13.8. The summed E-state index contributed by atoms with van der Waals surface area (Å²) in [6, 6.07) is 14.2. The summed E-state index contributed by atoms with van der Waals surface area (Å²) in [6.45, 7) is 6.74. The van der Waals surface area contributed by atoms with Gasteiger partial charge in [0.1, 0.15) is 12.4 Å². The molecular formula is C23H28N2O4. The van der Waals surface area contributed by atoms with E-state index in [1.807, 2.05) is 26.8 Å². The zero-order valence-corrected chi connectivity index (χ0v) is 17.2. The minimum Gasteiger partial charge on any atom is -0.490 e. The van der Waals surface area contributed by atoms with Crippen molar-refractivity contribution < 1.29 is 19.1 Å². The lowest BCUT2D eigenvalue weighted by Gasteiger charge is -2.18. The quantitative estimate of drug-likeness (QED) is 0.755. The second-order valence-corrected chi connectivity index (χ2v) is 8.18. The molecule has 1 heterocycles. The maximum Gasteiger partial charge on any atom is 0.259 e. The molecule has 1 saturated heterocycles. The first kappa shape index (κ1) is 20.9. The highest BCUT2D eigenvalue weighted by Crippen LogP contribution is 2.23. The highest BCUT2D eigenvalue weighted by Gasteiger charge is 2.21. The van der Waals surface area contributed by atoms with E-state index in [2.05, 4.69) is 10.6 Å². The zero-order valence-electron chi connectivity index (χ0n) is 17.2. The number of ether oxygens (including phenoxy) is 2. The SMILES string of the molecule is CC(C)(C)C(=O)Nc1cccc(NC(=O)c2ccccc2OC[C@H]2CCCO2)c1. The average molecular weight is 396 g/mol. The number of hydrogen-bond donors (Lipinski definition) is 2. The van der Waals surface area contributed by atoms with E-state index in [9.17, 15) is 9.59 Å². The van der Waals surface area contributed by atoms with Gasteiger partial charge in [0.05, 0.1) is 11.7 Å². The Kier molecular flexibility index (Phi) is 6.54. The summed E-state index contributed by atoms with van der Waals surface area (Å²) in [6.07, 6.45) is 2.09. The molecule has 0 saturated carbocycles. The van der Waals surface area contributed by atoms with Crippen LogP contribution in [-0.2, 0) is 9.53 Å². The maximum absolute atomic E-state index is 12.8. The molecule has 1 fully saturated rings. The van der Waals surface area contributed by atoms with Gasteiger partial charge in [-0.05, 0) is 43.2 Å². The molecular weight excluding hydrogens is 368 g/mol. The number of para-hydroxylation sites is 1. The Balaban J connectivity index is 1.67. The van der Waals surface area contributed by atoms with E-state index in [-0.39, 0.29) is 17.9 Å². The molecule has 2 amide bonds. The van der Waals surface area contributed by atoms with Crippen LogP contribution < -0.4 is 15.4 Å². The molecule has 2 aromatic carbocycles.